The van der Waals surface area contributed by atoms with Crippen LogP contribution >= 0.6 is 0 Å². The molecule has 5 rings (SSSR count). The van der Waals surface area contributed by atoms with Crippen LogP contribution in [0, 0.1) is 24.6 Å². The monoisotopic (exact) mass is 472 g/mol. The Morgan fingerprint density at radius 3 is 2.49 bits per heavy atom. The standard InChI is InChI=1S/C31H33FO3/c1-19-7-15-27(32)26(17-19)21-8-10-22(11-9-21)28-16-14-23-12-13-25(18-29(23)35-28)30(24-5-4-6-24)20(2)31(33)34-3/h7-13,15,17-18,20,24,28,30H,4-6,14,16H2,1-3H3. The second-order valence-corrected chi connectivity index (χ2v) is 10.1. The van der Waals surface area contributed by atoms with E-state index >= 15 is 0 Å². The van der Waals surface area contributed by atoms with Gasteiger partial charge in [-0.15, -0.1) is 0 Å². The van der Waals surface area contributed by atoms with Gasteiger partial charge in [0.1, 0.15) is 17.7 Å². The van der Waals surface area contributed by atoms with Gasteiger partial charge in [-0.1, -0.05) is 61.4 Å². The number of aryl methyl sites for hydroxylation is 2. The maximum absolute atomic E-state index is 14.3. The zero-order valence-electron chi connectivity index (χ0n) is 20.7. The first kappa shape index (κ1) is 23.6. The zero-order valence-corrected chi connectivity index (χ0v) is 20.7. The highest BCUT2D eigenvalue weighted by atomic mass is 19.1. The summed E-state index contributed by atoms with van der Waals surface area (Å²) in [6, 6.07) is 19.7. The largest absolute Gasteiger partial charge is 0.485 e. The molecule has 3 nitrogen and oxygen atoms in total. The number of carbonyl (C=O) groups excluding carboxylic acids is 1. The molecule has 35 heavy (non-hydrogen) atoms. The number of benzene rings is 3. The molecule has 3 aromatic rings. The van der Waals surface area contributed by atoms with Crippen LogP contribution in [-0.4, -0.2) is 13.1 Å². The molecule has 4 heteroatoms. The third kappa shape index (κ3) is 4.71. The molecule has 182 valence electrons. The lowest BCUT2D eigenvalue weighted by molar-refractivity contribution is -0.146. The molecule has 0 radical (unpaired) electrons. The van der Waals surface area contributed by atoms with Gasteiger partial charge in [0.25, 0.3) is 0 Å². The van der Waals surface area contributed by atoms with Gasteiger partial charge in [0.2, 0.25) is 0 Å². The van der Waals surface area contributed by atoms with Gasteiger partial charge in [-0.05, 0) is 84.9 Å². The van der Waals surface area contributed by atoms with Crippen molar-refractivity contribution in [3.05, 3.63) is 88.7 Å². The number of hydrogen-bond donors (Lipinski definition) is 0. The summed E-state index contributed by atoms with van der Waals surface area (Å²) in [6.07, 6.45) is 5.32. The second-order valence-electron chi connectivity index (χ2n) is 10.1. The Kier molecular flexibility index (Phi) is 6.64. The maximum Gasteiger partial charge on any atom is 0.309 e. The Labute approximate surface area is 207 Å². The Morgan fingerprint density at radius 2 is 1.80 bits per heavy atom. The predicted octanol–water partition coefficient (Wildman–Crippen LogP) is 7.56. The molecule has 1 aliphatic carbocycles. The van der Waals surface area contributed by atoms with Crippen molar-refractivity contribution < 1.29 is 18.7 Å². The number of methoxy groups -OCH3 is 1. The highest BCUT2D eigenvalue weighted by Gasteiger charge is 2.37. The van der Waals surface area contributed by atoms with E-state index in [-0.39, 0.29) is 29.7 Å². The minimum Gasteiger partial charge on any atom is -0.485 e. The normalized spacial score (nSPS) is 19.1. The molecular formula is C31H33FO3. The van der Waals surface area contributed by atoms with E-state index in [0.717, 1.165) is 53.7 Å². The Balaban J connectivity index is 1.38. The predicted molar refractivity (Wildman–Crippen MR) is 136 cm³/mol. The molecule has 0 aromatic heterocycles. The fraction of sp³-hybridized carbons (Fsp3) is 0.387. The number of halogens is 1. The average molecular weight is 473 g/mol. The summed E-state index contributed by atoms with van der Waals surface area (Å²) in [6.45, 7) is 3.96. The number of esters is 1. The fourth-order valence-electron chi connectivity index (χ4n) is 5.67. The number of fused-ring (bicyclic) bond motifs is 1. The molecule has 3 atom stereocenters. The van der Waals surface area contributed by atoms with E-state index in [9.17, 15) is 9.18 Å². The summed E-state index contributed by atoms with van der Waals surface area (Å²) < 4.78 is 25.9. The highest BCUT2D eigenvalue weighted by molar-refractivity contribution is 5.73. The van der Waals surface area contributed by atoms with Gasteiger partial charge >= 0.3 is 5.97 Å². The summed E-state index contributed by atoms with van der Waals surface area (Å²) in [7, 11) is 1.47. The molecular weight excluding hydrogens is 439 g/mol. The molecule has 1 fully saturated rings. The number of rotatable bonds is 6. The van der Waals surface area contributed by atoms with Crippen molar-refractivity contribution in [2.75, 3.05) is 7.11 Å². The quantitative estimate of drug-likeness (QED) is 0.347. The van der Waals surface area contributed by atoms with Crippen LogP contribution in [-0.2, 0) is 16.0 Å². The Bertz CT molecular complexity index is 1210. The van der Waals surface area contributed by atoms with E-state index in [0.29, 0.717) is 11.5 Å². The van der Waals surface area contributed by atoms with Gasteiger partial charge < -0.3 is 9.47 Å². The number of carbonyl (C=O) groups is 1. The van der Waals surface area contributed by atoms with Crippen LogP contribution in [0.1, 0.15) is 66.9 Å². The molecule has 0 spiro atoms. The van der Waals surface area contributed by atoms with Crippen LogP contribution in [0.25, 0.3) is 11.1 Å². The van der Waals surface area contributed by atoms with Gasteiger partial charge in [0, 0.05) is 5.56 Å². The van der Waals surface area contributed by atoms with E-state index in [1.807, 2.05) is 44.2 Å². The fourth-order valence-corrected chi connectivity index (χ4v) is 5.67. The first-order valence-corrected chi connectivity index (χ1v) is 12.7. The van der Waals surface area contributed by atoms with Crippen LogP contribution in [0.15, 0.2) is 60.7 Å². The smallest absolute Gasteiger partial charge is 0.309 e. The molecule has 3 aromatic carbocycles. The first-order chi connectivity index (χ1) is 16.9. The van der Waals surface area contributed by atoms with E-state index < -0.39 is 0 Å². The SMILES string of the molecule is COC(=O)C(C)C(c1ccc2c(c1)OC(c1ccc(-c3cc(C)ccc3F)cc1)CC2)C1CCC1. The number of hydrogen-bond acceptors (Lipinski definition) is 3. The van der Waals surface area contributed by atoms with Crippen molar-refractivity contribution >= 4 is 5.97 Å². The third-order valence-electron chi connectivity index (χ3n) is 7.91. The molecule has 0 bridgehead atoms. The Morgan fingerprint density at radius 1 is 1.03 bits per heavy atom. The zero-order chi connectivity index (χ0) is 24.5. The second kappa shape index (κ2) is 9.85. The summed E-state index contributed by atoms with van der Waals surface area (Å²) >= 11 is 0. The minimum atomic E-state index is -0.207. The van der Waals surface area contributed by atoms with Gasteiger partial charge in [0.05, 0.1) is 13.0 Å². The van der Waals surface area contributed by atoms with Crippen molar-refractivity contribution in [1.29, 1.82) is 0 Å². The van der Waals surface area contributed by atoms with E-state index in [1.165, 1.54) is 25.2 Å². The lowest BCUT2D eigenvalue weighted by Crippen LogP contribution is -2.30. The maximum atomic E-state index is 14.3. The van der Waals surface area contributed by atoms with Crippen LogP contribution in [0.5, 0.6) is 5.75 Å². The molecule has 1 saturated carbocycles. The molecule has 1 heterocycles. The minimum absolute atomic E-state index is 0.0469. The summed E-state index contributed by atoms with van der Waals surface area (Å²) in [5.74, 6) is 1.03. The summed E-state index contributed by atoms with van der Waals surface area (Å²) in [5.41, 5.74) is 6.00. The number of ether oxygens (including phenoxy) is 2. The highest BCUT2D eigenvalue weighted by Crippen LogP contribution is 2.46. The van der Waals surface area contributed by atoms with E-state index in [2.05, 4.69) is 18.2 Å². The van der Waals surface area contributed by atoms with Crippen LogP contribution in [0.4, 0.5) is 4.39 Å². The summed E-state index contributed by atoms with van der Waals surface area (Å²) in [5, 5.41) is 0. The molecule has 0 saturated heterocycles. The van der Waals surface area contributed by atoms with Crippen LogP contribution in [0.3, 0.4) is 0 Å². The molecule has 2 aliphatic rings. The topological polar surface area (TPSA) is 35.5 Å². The molecule has 3 unspecified atom stereocenters. The van der Waals surface area contributed by atoms with E-state index in [4.69, 9.17) is 9.47 Å². The van der Waals surface area contributed by atoms with Gasteiger partial charge in [-0.3, -0.25) is 4.79 Å². The van der Waals surface area contributed by atoms with Crippen molar-refractivity contribution in [2.45, 2.75) is 58.0 Å². The van der Waals surface area contributed by atoms with Gasteiger partial charge in [-0.25, -0.2) is 4.39 Å². The molecule has 1 aliphatic heterocycles. The van der Waals surface area contributed by atoms with Crippen LogP contribution < -0.4 is 4.74 Å². The third-order valence-corrected chi connectivity index (χ3v) is 7.91. The van der Waals surface area contributed by atoms with Crippen molar-refractivity contribution in [2.24, 2.45) is 11.8 Å². The lowest BCUT2D eigenvalue weighted by atomic mass is 9.68. The molecule has 0 N–H and O–H groups in total. The Hall–Kier alpha value is -3.14. The average Bonchev–Trinajstić information content (AvgIpc) is 2.86. The van der Waals surface area contributed by atoms with E-state index in [1.54, 1.807) is 6.07 Å². The summed E-state index contributed by atoms with van der Waals surface area (Å²) in [4.78, 5) is 12.4. The van der Waals surface area contributed by atoms with Gasteiger partial charge in [-0.2, -0.15) is 0 Å². The van der Waals surface area contributed by atoms with Crippen molar-refractivity contribution in [3.63, 3.8) is 0 Å². The van der Waals surface area contributed by atoms with Crippen molar-refractivity contribution in [1.82, 2.24) is 0 Å². The lowest BCUT2D eigenvalue weighted by Gasteiger charge is -2.37. The molecule has 0 amide bonds. The van der Waals surface area contributed by atoms with Crippen LogP contribution in [0.2, 0.25) is 0 Å². The van der Waals surface area contributed by atoms with Crippen molar-refractivity contribution in [3.8, 4) is 16.9 Å². The van der Waals surface area contributed by atoms with Gasteiger partial charge in [0.15, 0.2) is 0 Å². The first-order valence-electron chi connectivity index (χ1n) is 12.7.